The Labute approximate surface area is 102 Å². The fourth-order valence-corrected chi connectivity index (χ4v) is 2.68. The molecule has 2 rings (SSSR count). The van der Waals surface area contributed by atoms with Gasteiger partial charge in [0, 0.05) is 18.3 Å². The number of pyridine rings is 1. The standard InChI is InChI=1S/C13H19ClN2/c1-9-4-3-5-12(9)16-10(2)11-6-7-15-13(14)8-11/h6-10,12,16H,3-5H2,1-2H3. The largest absolute Gasteiger partial charge is 0.307 e. The van der Waals surface area contributed by atoms with Crippen LogP contribution in [0.15, 0.2) is 18.3 Å². The molecule has 16 heavy (non-hydrogen) atoms. The Morgan fingerprint density at radius 2 is 2.31 bits per heavy atom. The Morgan fingerprint density at radius 1 is 1.50 bits per heavy atom. The third kappa shape index (κ3) is 2.74. The van der Waals surface area contributed by atoms with Gasteiger partial charge in [0.05, 0.1) is 0 Å². The van der Waals surface area contributed by atoms with E-state index in [1.54, 1.807) is 6.20 Å². The first kappa shape index (κ1) is 11.9. The zero-order valence-electron chi connectivity index (χ0n) is 9.91. The summed E-state index contributed by atoms with van der Waals surface area (Å²) < 4.78 is 0. The van der Waals surface area contributed by atoms with Gasteiger partial charge in [-0.1, -0.05) is 24.9 Å². The van der Waals surface area contributed by atoms with Gasteiger partial charge in [0.2, 0.25) is 0 Å². The summed E-state index contributed by atoms with van der Waals surface area (Å²) in [6.45, 7) is 4.52. The second-order valence-corrected chi connectivity index (χ2v) is 5.20. The van der Waals surface area contributed by atoms with E-state index in [9.17, 15) is 0 Å². The molecule has 1 saturated carbocycles. The molecule has 0 saturated heterocycles. The zero-order chi connectivity index (χ0) is 11.5. The highest BCUT2D eigenvalue weighted by molar-refractivity contribution is 6.29. The average Bonchev–Trinajstić information content (AvgIpc) is 2.64. The third-order valence-corrected chi connectivity index (χ3v) is 3.78. The van der Waals surface area contributed by atoms with Crippen LogP contribution in [0.3, 0.4) is 0 Å². The number of nitrogens with zero attached hydrogens (tertiary/aromatic N) is 1. The Balaban J connectivity index is 1.99. The molecule has 0 bridgehead atoms. The van der Waals surface area contributed by atoms with Gasteiger partial charge in [-0.05, 0) is 43.4 Å². The number of hydrogen-bond acceptors (Lipinski definition) is 2. The molecule has 3 atom stereocenters. The van der Waals surface area contributed by atoms with Crippen molar-refractivity contribution in [1.82, 2.24) is 10.3 Å². The molecule has 0 spiro atoms. The highest BCUT2D eigenvalue weighted by Gasteiger charge is 2.24. The number of rotatable bonds is 3. The third-order valence-electron chi connectivity index (χ3n) is 3.58. The summed E-state index contributed by atoms with van der Waals surface area (Å²) in [5, 5.41) is 4.26. The van der Waals surface area contributed by atoms with Crippen LogP contribution in [0.1, 0.15) is 44.7 Å². The van der Waals surface area contributed by atoms with Crippen molar-refractivity contribution >= 4 is 11.6 Å². The summed E-state index contributed by atoms with van der Waals surface area (Å²) in [6, 6.07) is 4.98. The number of halogens is 1. The molecule has 3 heteroatoms. The first-order valence-corrected chi connectivity index (χ1v) is 6.42. The number of nitrogens with one attached hydrogen (secondary N) is 1. The van der Waals surface area contributed by atoms with Crippen molar-refractivity contribution in [3.8, 4) is 0 Å². The first-order valence-electron chi connectivity index (χ1n) is 6.04. The van der Waals surface area contributed by atoms with Crippen molar-refractivity contribution in [2.45, 2.75) is 45.2 Å². The maximum atomic E-state index is 5.90. The van der Waals surface area contributed by atoms with Crippen LogP contribution in [0, 0.1) is 5.92 Å². The van der Waals surface area contributed by atoms with Crippen LogP contribution in [0.2, 0.25) is 5.15 Å². The van der Waals surface area contributed by atoms with Crippen LogP contribution < -0.4 is 5.32 Å². The summed E-state index contributed by atoms with van der Waals surface area (Å²) in [7, 11) is 0. The van der Waals surface area contributed by atoms with Crippen molar-refractivity contribution in [3.05, 3.63) is 29.0 Å². The van der Waals surface area contributed by atoms with Crippen LogP contribution in [0.4, 0.5) is 0 Å². The van der Waals surface area contributed by atoms with E-state index in [1.165, 1.54) is 24.8 Å². The molecule has 1 fully saturated rings. The molecule has 0 aromatic carbocycles. The lowest BCUT2D eigenvalue weighted by atomic mass is 10.0. The average molecular weight is 239 g/mol. The zero-order valence-corrected chi connectivity index (χ0v) is 10.7. The van der Waals surface area contributed by atoms with E-state index in [1.807, 2.05) is 12.1 Å². The number of hydrogen-bond donors (Lipinski definition) is 1. The van der Waals surface area contributed by atoms with Gasteiger partial charge in [0.15, 0.2) is 0 Å². The molecule has 88 valence electrons. The second kappa shape index (κ2) is 5.15. The lowest BCUT2D eigenvalue weighted by Crippen LogP contribution is -2.33. The van der Waals surface area contributed by atoms with Crippen molar-refractivity contribution in [3.63, 3.8) is 0 Å². The van der Waals surface area contributed by atoms with Gasteiger partial charge >= 0.3 is 0 Å². The normalized spacial score (nSPS) is 26.9. The van der Waals surface area contributed by atoms with Gasteiger partial charge in [-0.3, -0.25) is 0 Å². The van der Waals surface area contributed by atoms with Crippen molar-refractivity contribution < 1.29 is 0 Å². The SMILES string of the molecule is CC(NC1CCCC1C)c1ccnc(Cl)c1. The van der Waals surface area contributed by atoms with Crippen molar-refractivity contribution in [2.24, 2.45) is 5.92 Å². The molecular formula is C13H19ClN2. The summed E-state index contributed by atoms with van der Waals surface area (Å²) in [6.07, 6.45) is 5.77. The summed E-state index contributed by atoms with van der Waals surface area (Å²) in [5.41, 5.74) is 1.22. The van der Waals surface area contributed by atoms with Gasteiger partial charge in [-0.25, -0.2) is 4.98 Å². The Bertz CT molecular complexity index is 354. The van der Waals surface area contributed by atoms with Gasteiger partial charge in [0.25, 0.3) is 0 Å². The Hall–Kier alpha value is -0.600. The van der Waals surface area contributed by atoms with E-state index in [-0.39, 0.29) is 0 Å². The van der Waals surface area contributed by atoms with Gasteiger partial charge in [-0.15, -0.1) is 0 Å². The molecule has 0 aliphatic heterocycles. The number of aromatic nitrogens is 1. The molecule has 1 aliphatic rings. The van der Waals surface area contributed by atoms with E-state index in [4.69, 9.17) is 11.6 Å². The van der Waals surface area contributed by atoms with Crippen LogP contribution in [-0.4, -0.2) is 11.0 Å². The van der Waals surface area contributed by atoms with Crippen LogP contribution in [0.25, 0.3) is 0 Å². The molecular weight excluding hydrogens is 220 g/mol. The highest BCUT2D eigenvalue weighted by atomic mass is 35.5. The van der Waals surface area contributed by atoms with E-state index in [2.05, 4.69) is 24.1 Å². The van der Waals surface area contributed by atoms with Crippen molar-refractivity contribution in [2.75, 3.05) is 0 Å². The lowest BCUT2D eigenvalue weighted by Gasteiger charge is -2.23. The predicted octanol–water partition coefficient (Wildman–Crippen LogP) is 3.57. The van der Waals surface area contributed by atoms with E-state index in [0.717, 1.165) is 5.92 Å². The maximum Gasteiger partial charge on any atom is 0.129 e. The smallest absolute Gasteiger partial charge is 0.129 e. The van der Waals surface area contributed by atoms with Crippen LogP contribution >= 0.6 is 11.6 Å². The summed E-state index contributed by atoms with van der Waals surface area (Å²) in [4.78, 5) is 4.01. The highest BCUT2D eigenvalue weighted by Crippen LogP contribution is 2.27. The van der Waals surface area contributed by atoms with Gasteiger partial charge in [-0.2, -0.15) is 0 Å². The van der Waals surface area contributed by atoms with E-state index >= 15 is 0 Å². The topological polar surface area (TPSA) is 24.9 Å². The molecule has 2 nitrogen and oxygen atoms in total. The molecule has 1 aromatic rings. The van der Waals surface area contributed by atoms with Gasteiger partial charge < -0.3 is 5.32 Å². The van der Waals surface area contributed by atoms with Crippen LogP contribution in [-0.2, 0) is 0 Å². The molecule has 1 aromatic heterocycles. The fraction of sp³-hybridized carbons (Fsp3) is 0.615. The fourth-order valence-electron chi connectivity index (χ4n) is 2.50. The van der Waals surface area contributed by atoms with E-state index < -0.39 is 0 Å². The molecule has 1 N–H and O–H groups in total. The first-order chi connectivity index (χ1) is 7.66. The summed E-state index contributed by atoms with van der Waals surface area (Å²) >= 11 is 5.90. The Kier molecular flexibility index (Phi) is 3.82. The summed E-state index contributed by atoms with van der Waals surface area (Å²) in [5.74, 6) is 0.791. The molecule has 0 radical (unpaired) electrons. The van der Waals surface area contributed by atoms with E-state index in [0.29, 0.717) is 17.2 Å². The minimum atomic E-state index is 0.353. The minimum Gasteiger partial charge on any atom is -0.307 e. The van der Waals surface area contributed by atoms with Crippen molar-refractivity contribution in [1.29, 1.82) is 0 Å². The predicted molar refractivity (Wildman–Crippen MR) is 67.6 cm³/mol. The molecule has 3 unspecified atom stereocenters. The van der Waals surface area contributed by atoms with Crippen LogP contribution in [0.5, 0.6) is 0 Å². The molecule has 0 amide bonds. The molecule has 1 heterocycles. The quantitative estimate of drug-likeness (QED) is 0.815. The monoisotopic (exact) mass is 238 g/mol. The lowest BCUT2D eigenvalue weighted by molar-refractivity contribution is 0.388. The Morgan fingerprint density at radius 3 is 2.94 bits per heavy atom. The van der Waals surface area contributed by atoms with Gasteiger partial charge in [0.1, 0.15) is 5.15 Å². The molecule has 1 aliphatic carbocycles. The second-order valence-electron chi connectivity index (χ2n) is 4.81. The maximum absolute atomic E-state index is 5.90. The minimum absolute atomic E-state index is 0.353.